The first-order valence-corrected chi connectivity index (χ1v) is 17.8. The molecule has 5 unspecified atom stereocenters. The highest BCUT2D eigenvalue weighted by atomic mass is 16.5. The standard InChI is InChI=1S/C21H24N2O3.C19H24N2O4/c1-12-16-10-23-8-7-14-13-5-3-4-6-18(13)22-20(14)19(23)9-15(16)17(11-26-12)21(24)25-2;1-25-19-5-3-2-4-15(19)21-10-8-20(9-11-21)13-18(24)14-6-7-16(22)17(23)12-14/h3-6,11-12,15-16,19,22H,7-10H2,1-2H3;2-7,12,18,22-24H,8-11,13H2,1H3. The van der Waals surface area contributed by atoms with E-state index < -0.39 is 6.10 Å². The van der Waals surface area contributed by atoms with Crippen LogP contribution in [-0.4, -0.2) is 102 Å². The Labute approximate surface area is 298 Å². The largest absolute Gasteiger partial charge is 0.504 e. The number of phenols is 2. The summed E-state index contributed by atoms with van der Waals surface area (Å²) in [5.41, 5.74) is 6.38. The van der Waals surface area contributed by atoms with Gasteiger partial charge in [-0.2, -0.15) is 0 Å². The molecule has 4 aromatic rings. The number of methoxy groups -OCH3 is 2. The fourth-order valence-electron chi connectivity index (χ4n) is 8.35. The van der Waals surface area contributed by atoms with Crippen LogP contribution in [0.4, 0.5) is 5.69 Å². The predicted octanol–water partition coefficient (Wildman–Crippen LogP) is 5.14. The smallest absolute Gasteiger partial charge is 0.337 e. The number of anilines is 1. The SMILES string of the molecule is COC(=O)C1=COC(C)C2CN3CCc4c([nH]c5ccccc45)C3CC12.COc1ccccc1N1CCN(CC(O)c2ccc(O)c(O)c2)CC1. The molecule has 4 aliphatic heterocycles. The number of piperazine rings is 1. The number of aromatic hydroxyl groups is 2. The van der Waals surface area contributed by atoms with E-state index in [0.29, 0.717) is 29.6 Å². The van der Waals surface area contributed by atoms with Gasteiger partial charge in [-0.3, -0.25) is 9.80 Å². The van der Waals surface area contributed by atoms with Crippen molar-refractivity contribution in [2.45, 2.75) is 38.0 Å². The molecule has 3 aromatic carbocycles. The molecule has 0 spiro atoms. The maximum atomic E-state index is 12.3. The Morgan fingerprint density at radius 2 is 1.75 bits per heavy atom. The number of benzene rings is 3. The summed E-state index contributed by atoms with van der Waals surface area (Å²) in [6.45, 7) is 8.00. The van der Waals surface area contributed by atoms with Crippen LogP contribution in [0.2, 0.25) is 0 Å². The minimum Gasteiger partial charge on any atom is -0.504 e. The van der Waals surface area contributed by atoms with E-state index in [9.17, 15) is 20.1 Å². The summed E-state index contributed by atoms with van der Waals surface area (Å²) in [4.78, 5) is 23.0. The lowest BCUT2D eigenvalue weighted by molar-refractivity contribution is -0.139. The number of carbonyl (C=O) groups is 1. The van der Waals surface area contributed by atoms with Gasteiger partial charge in [0.25, 0.3) is 0 Å². The van der Waals surface area contributed by atoms with Crippen LogP contribution in [-0.2, 0) is 20.7 Å². The maximum Gasteiger partial charge on any atom is 0.337 e. The number of hydrogen-bond donors (Lipinski definition) is 4. The van der Waals surface area contributed by atoms with Gasteiger partial charge in [-0.15, -0.1) is 0 Å². The van der Waals surface area contributed by atoms with Crippen molar-refractivity contribution < 1.29 is 34.3 Å². The van der Waals surface area contributed by atoms with Crippen molar-refractivity contribution in [1.29, 1.82) is 0 Å². The molecule has 5 atom stereocenters. The Morgan fingerprint density at radius 3 is 2.51 bits per heavy atom. The monoisotopic (exact) mass is 696 g/mol. The molecule has 4 aliphatic rings. The van der Waals surface area contributed by atoms with E-state index in [0.717, 1.165) is 63.5 Å². The van der Waals surface area contributed by atoms with Gasteiger partial charge in [-0.25, -0.2) is 4.79 Å². The molecule has 0 bridgehead atoms. The lowest BCUT2D eigenvalue weighted by atomic mass is 9.72. The summed E-state index contributed by atoms with van der Waals surface area (Å²) >= 11 is 0. The minimum absolute atomic E-state index is 0.124. The highest BCUT2D eigenvalue weighted by Crippen LogP contribution is 2.47. The third-order valence-corrected chi connectivity index (χ3v) is 11.2. The second-order valence-electron chi connectivity index (χ2n) is 14.0. The zero-order valence-corrected chi connectivity index (χ0v) is 29.5. The number of nitrogens with zero attached hydrogens (tertiary/aromatic N) is 3. The number of piperidine rings is 1. The Kier molecular flexibility index (Phi) is 10.1. The van der Waals surface area contributed by atoms with Crippen molar-refractivity contribution >= 4 is 22.6 Å². The van der Waals surface area contributed by atoms with Gasteiger partial charge in [-0.1, -0.05) is 36.4 Å². The fraction of sp³-hybridized carbons (Fsp3) is 0.425. The van der Waals surface area contributed by atoms with Crippen molar-refractivity contribution in [1.82, 2.24) is 14.8 Å². The predicted molar refractivity (Wildman–Crippen MR) is 195 cm³/mol. The number of carbonyl (C=O) groups excluding carboxylic acids is 1. The lowest BCUT2D eigenvalue weighted by Gasteiger charge is -2.49. The average molecular weight is 697 g/mol. The van der Waals surface area contributed by atoms with E-state index >= 15 is 0 Å². The van der Waals surface area contributed by atoms with Crippen LogP contribution in [0, 0.1) is 11.8 Å². The number of para-hydroxylation sites is 3. The number of phenolic OH excluding ortho intramolecular Hbond substituents is 2. The van der Waals surface area contributed by atoms with Gasteiger partial charge in [0, 0.05) is 74.2 Å². The molecule has 11 heteroatoms. The highest BCUT2D eigenvalue weighted by molar-refractivity contribution is 5.89. The molecular weight excluding hydrogens is 648 g/mol. The first-order valence-electron chi connectivity index (χ1n) is 17.8. The van der Waals surface area contributed by atoms with Crippen molar-refractivity contribution in [3.05, 3.63) is 95.4 Å². The number of H-pyrrole nitrogens is 1. The lowest BCUT2D eigenvalue weighted by Crippen LogP contribution is -2.51. The molecule has 51 heavy (non-hydrogen) atoms. The first-order chi connectivity index (χ1) is 24.7. The number of β-amino-alcohol motifs (C(OH)–C–C–N with tert-alkyl or cyclic N) is 1. The number of esters is 1. The molecule has 8 rings (SSSR count). The Bertz CT molecular complexity index is 1880. The number of rotatable bonds is 6. The Balaban J connectivity index is 0.000000159. The van der Waals surface area contributed by atoms with E-state index in [4.69, 9.17) is 14.2 Å². The van der Waals surface area contributed by atoms with Gasteiger partial charge in [0.15, 0.2) is 11.5 Å². The zero-order valence-electron chi connectivity index (χ0n) is 29.5. The number of aliphatic hydroxyl groups is 1. The minimum atomic E-state index is -0.704. The molecule has 1 aromatic heterocycles. The summed E-state index contributed by atoms with van der Waals surface area (Å²) in [5.74, 6) is 0.739. The Hall–Kier alpha value is -4.71. The molecule has 0 saturated carbocycles. The summed E-state index contributed by atoms with van der Waals surface area (Å²) in [6.07, 6.45) is 3.06. The number of hydrogen-bond acceptors (Lipinski definition) is 10. The summed E-state index contributed by atoms with van der Waals surface area (Å²) in [7, 11) is 3.13. The van der Waals surface area contributed by atoms with Crippen LogP contribution in [0.1, 0.15) is 42.3 Å². The van der Waals surface area contributed by atoms with Gasteiger partial charge < -0.3 is 39.4 Å². The topological polar surface area (TPSA) is 131 Å². The molecular formula is C40H48N4O7. The van der Waals surface area contributed by atoms with Crippen molar-refractivity contribution in [2.24, 2.45) is 11.8 Å². The molecule has 11 nitrogen and oxygen atoms in total. The zero-order chi connectivity index (χ0) is 35.6. The van der Waals surface area contributed by atoms with Crippen molar-refractivity contribution in [2.75, 3.05) is 64.9 Å². The number of aliphatic hydroxyl groups excluding tert-OH is 1. The van der Waals surface area contributed by atoms with Crippen LogP contribution in [0.25, 0.3) is 10.9 Å². The van der Waals surface area contributed by atoms with Crippen LogP contribution < -0.4 is 9.64 Å². The molecule has 2 fully saturated rings. The van der Waals surface area contributed by atoms with Gasteiger partial charge in [0.2, 0.25) is 0 Å². The van der Waals surface area contributed by atoms with Crippen LogP contribution in [0.5, 0.6) is 17.2 Å². The number of fused-ring (bicyclic) bond motifs is 6. The summed E-state index contributed by atoms with van der Waals surface area (Å²) < 4.78 is 16.2. The molecule has 0 amide bonds. The van der Waals surface area contributed by atoms with Crippen molar-refractivity contribution in [3.63, 3.8) is 0 Å². The third-order valence-electron chi connectivity index (χ3n) is 11.2. The van der Waals surface area contributed by atoms with Gasteiger partial charge in [0.05, 0.1) is 50.0 Å². The molecule has 0 radical (unpaired) electrons. The molecule has 4 N–H and O–H groups in total. The Morgan fingerprint density at radius 1 is 0.980 bits per heavy atom. The van der Waals surface area contributed by atoms with E-state index in [1.165, 1.54) is 41.4 Å². The number of nitrogens with one attached hydrogen (secondary N) is 1. The highest BCUT2D eigenvalue weighted by Gasteiger charge is 2.47. The number of aromatic amines is 1. The van der Waals surface area contributed by atoms with E-state index in [1.807, 2.05) is 18.2 Å². The van der Waals surface area contributed by atoms with Gasteiger partial charge >= 0.3 is 5.97 Å². The van der Waals surface area contributed by atoms with Crippen LogP contribution >= 0.6 is 0 Å². The van der Waals surface area contributed by atoms with Crippen LogP contribution in [0.15, 0.2) is 78.6 Å². The van der Waals surface area contributed by atoms with Crippen LogP contribution in [0.3, 0.4) is 0 Å². The average Bonchev–Trinajstić information content (AvgIpc) is 3.55. The van der Waals surface area contributed by atoms with Gasteiger partial charge in [-0.05, 0) is 61.2 Å². The van der Waals surface area contributed by atoms with E-state index in [2.05, 4.69) is 56.9 Å². The molecule has 5 heterocycles. The normalized spacial score (nSPS) is 23.8. The summed E-state index contributed by atoms with van der Waals surface area (Å²) in [6, 6.07) is 21.3. The maximum absolute atomic E-state index is 12.3. The van der Waals surface area contributed by atoms with Crippen molar-refractivity contribution in [3.8, 4) is 17.2 Å². The number of aromatic nitrogens is 1. The number of ether oxygens (including phenoxy) is 3. The second-order valence-corrected chi connectivity index (χ2v) is 14.0. The fourth-order valence-corrected chi connectivity index (χ4v) is 8.35. The van der Waals surface area contributed by atoms with Gasteiger partial charge in [0.1, 0.15) is 5.75 Å². The first kappa shape index (κ1) is 34.7. The molecule has 0 aliphatic carbocycles. The second kappa shape index (κ2) is 14.9. The molecule has 2 saturated heterocycles. The quantitative estimate of drug-likeness (QED) is 0.159. The summed E-state index contributed by atoms with van der Waals surface area (Å²) in [5, 5.41) is 30.7. The van der Waals surface area contributed by atoms with E-state index in [-0.39, 0.29) is 29.5 Å². The molecule has 270 valence electrons. The van der Waals surface area contributed by atoms with E-state index in [1.54, 1.807) is 19.4 Å². The third kappa shape index (κ3) is 6.98.